The SMILES string of the molecule is O=C(NCCCN1CCOCC1)c1nnc2ccc(Cl)cc2n1. The summed E-state index contributed by atoms with van der Waals surface area (Å²) in [6, 6.07) is 5.11. The van der Waals surface area contributed by atoms with Crippen LogP contribution < -0.4 is 5.32 Å². The second-order valence-electron chi connectivity index (χ2n) is 5.33. The van der Waals surface area contributed by atoms with Crippen LogP contribution in [0.4, 0.5) is 0 Å². The molecule has 1 aliphatic heterocycles. The summed E-state index contributed by atoms with van der Waals surface area (Å²) in [7, 11) is 0. The van der Waals surface area contributed by atoms with Crippen LogP contribution in [0.2, 0.25) is 5.02 Å². The third kappa shape index (κ3) is 4.34. The molecule has 8 heteroatoms. The number of morpholine rings is 1. The molecular weight excluding hydrogens is 318 g/mol. The van der Waals surface area contributed by atoms with Crippen LogP contribution >= 0.6 is 11.6 Å². The molecule has 1 saturated heterocycles. The van der Waals surface area contributed by atoms with Crippen LogP contribution in [0.15, 0.2) is 18.2 Å². The fraction of sp³-hybridized carbons (Fsp3) is 0.467. The van der Waals surface area contributed by atoms with Crippen molar-refractivity contribution < 1.29 is 9.53 Å². The maximum atomic E-state index is 12.1. The van der Waals surface area contributed by atoms with Gasteiger partial charge in [-0.15, -0.1) is 10.2 Å². The molecule has 1 aliphatic rings. The quantitative estimate of drug-likeness (QED) is 0.825. The Balaban J connectivity index is 1.51. The van der Waals surface area contributed by atoms with E-state index in [2.05, 4.69) is 25.4 Å². The second kappa shape index (κ2) is 7.63. The Labute approximate surface area is 139 Å². The van der Waals surface area contributed by atoms with E-state index in [1.807, 2.05) is 0 Å². The first-order valence-electron chi connectivity index (χ1n) is 7.61. The molecule has 7 nitrogen and oxygen atoms in total. The van der Waals surface area contributed by atoms with E-state index < -0.39 is 0 Å². The first-order chi connectivity index (χ1) is 11.2. The van der Waals surface area contributed by atoms with Gasteiger partial charge in [-0.3, -0.25) is 9.69 Å². The normalized spacial score (nSPS) is 15.7. The van der Waals surface area contributed by atoms with Crippen molar-refractivity contribution in [3.8, 4) is 0 Å². The van der Waals surface area contributed by atoms with Crippen LogP contribution in [-0.4, -0.2) is 65.4 Å². The average Bonchev–Trinajstić information content (AvgIpc) is 2.58. The molecule has 23 heavy (non-hydrogen) atoms. The Bertz CT molecular complexity index is 691. The third-order valence-corrected chi connectivity index (χ3v) is 3.89. The van der Waals surface area contributed by atoms with Crippen LogP contribution in [0.1, 0.15) is 17.0 Å². The lowest BCUT2D eigenvalue weighted by Crippen LogP contribution is -2.38. The molecule has 1 amide bonds. The molecule has 1 aromatic heterocycles. The number of carbonyl (C=O) groups excluding carboxylic acids is 1. The van der Waals surface area contributed by atoms with Gasteiger partial charge < -0.3 is 10.1 Å². The second-order valence-corrected chi connectivity index (χ2v) is 5.77. The highest BCUT2D eigenvalue weighted by atomic mass is 35.5. The zero-order valence-electron chi connectivity index (χ0n) is 12.7. The van der Waals surface area contributed by atoms with Crippen LogP contribution in [0, 0.1) is 0 Å². The summed E-state index contributed by atoms with van der Waals surface area (Å²) < 4.78 is 5.30. The third-order valence-electron chi connectivity index (χ3n) is 3.66. The zero-order chi connectivity index (χ0) is 16.1. The van der Waals surface area contributed by atoms with E-state index >= 15 is 0 Å². The molecule has 122 valence electrons. The summed E-state index contributed by atoms with van der Waals surface area (Å²) in [6.07, 6.45) is 0.874. The lowest BCUT2D eigenvalue weighted by molar-refractivity contribution is 0.0374. The number of nitrogens with one attached hydrogen (secondary N) is 1. The van der Waals surface area contributed by atoms with E-state index in [4.69, 9.17) is 16.3 Å². The van der Waals surface area contributed by atoms with Gasteiger partial charge in [-0.25, -0.2) is 4.98 Å². The lowest BCUT2D eigenvalue weighted by Gasteiger charge is -2.26. The van der Waals surface area contributed by atoms with Gasteiger partial charge in [0.15, 0.2) is 0 Å². The van der Waals surface area contributed by atoms with Crippen LogP contribution in [-0.2, 0) is 4.74 Å². The van der Waals surface area contributed by atoms with E-state index in [9.17, 15) is 4.79 Å². The van der Waals surface area contributed by atoms with Gasteiger partial charge in [-0.05, 0) is 31.2 Å². The maximum absolute atomic E-state index is 12.1. The van der Waals surface area contributed by atoms with Gasteiger partial charge in [0.2, 0.25) is 5.82 Å². The number of benzene rings is 1. The van der Waals surface area contributed by atoms with E-state index in [1.165, 1.54) is 0 Å². The molecule has 0 bridgehead atoms. The minimum absolute atomic E-state index is 0.0612. The average molecular weight is 336 g/mol. The van der Waals surface area contributed by atoms with Gasteiger partial charge in [0.1, 0.15) is 5.52 Å². The predicted octanol–water partition coefficient (Wildman–Crippen LogP) is 1.13. The number of nitrogens with zero attached hydrogens (tertiary/aromatic N) is 4. The van der Waals surface area contributed by atoms with Crippen LogP contribution in [0.25, 0.3) is 11.0 Å². The van der Waals surface area contributed by atoms with Gasteiger partial charge in [-0.2, -0.15) is 0 Å². The Morgan fingerprint density at radius 1 is 1.26 bits per heavy atom. The first-order valence-corrected chi connectivity index (χ1v) is 7.98. The standard InChI is InChI=1S/C15H18ClN5O2/c16-11-2-3-12-13(10-11)18-14(20-19-12)15(22)17-4-1-5-21-6-8-23-9-7-21/h2-3,10H,1,4-9H2,(H,17,22). The molecule has 1 fully saturated rings. The van der Waals surface area contributed by atoms with Gasteiger partial charge in [0.05, 0.1) is 18.7 Å². The highest BCUT2D eigenvalue weighted by Crippen LogP contribution is 2.14. The summed E-state index contributed by atoms with van der Waals surface area (Å²) in [5.41, 5.74) is 1.17. The predicted molar refractivity (Wildman–Crippen MR) is 86.6 cm³/mol. The van der Waals surface area contributed by atoms with Crippen molar-refractivity contribution in [2.75, 3.05) is 39.4 Å². The zero-order valence-corrected chi connectivity index (χ0v) is 13.4. The summed E-state index contributed by atoms with van der Waals surface area (Å²) in [4.78, 5) is 18.6. The van der Waals surface area contributed by atoms with E-state index in [0.717, 1.165) is 39.3 Å². The Morgan fingerprint density at radius 3 is 2.91 bits per heavy atom. The summed E-state index contributed by atoms with van der Waals surface area (Å²) in [5.74, 6) is -0.257. The fourth-order valence-corrected chi connectivity index (χ4v) is 2.58. The number of fused-ring (bicyclic) bond motifs is 1. The largest absolute Gasteiger partial charge is 0.379 e. The van der Waals surface area contributed by atoms with E-state index in [0.29, 0.717) is 22.6 Å². The van der Waals surface area contributed by atoms with Gasteiger partial charge in [-0.1, -0.05) is 11.6 Å². The Morgan fingerprint density at radius 2 is 2.09 bits per heavy atom. The number of rotatable bonds is 5. The molecule has 3 rings (SSSR count). The maximum Gasteiger partial charge on any atom is 0.291 e. The smallest absolute Gasteiger partial charge is 0.291 e. The van der Waals surface area contributed by atoms with Crippen molar-refractivity contribution in [2.24, 2.45) is 0 Å². The van der Waals surface area contributed by atoms with Crippen molar-refractivity contribution in [2.45, 2.75) is 6.42 Å². The monoisotopic (exact) mass is 335 g/mol. The number of hydrogen-bond donors (Lipinski definition) is 1. The highest BCUT2D eigenvalue weighted by Gasteiger charge is 2.12. The van der Waals surface area contributed by atoms with Crippen molar-refractivity contribution in [1.29, 1.82) is 0 Å². The van der Waals surface area contributed by atoms with Crippen LogP contribution in [0.3, 0.4) is 0 Å². The van der Waals surface area contributed by atoms with Crippen LogP contribution in [0.5, 0.6) is 0 Å². The number of amides is 1. The molecule has 0 atom stereocenters. The number of carbonyl (C=O) groups is 1. The summed E-state index contributed by atoms with van der Waals surface area (Å²) >= 11 is 5.92. The Hall–Kier alpha value is -1.83. The van der Waals surface area contributed by atoms with E-state index in [-0.39, 0.29) is 11.7 Å². The lowest BCUT2D eigenvalue weighted by atomic mass is 10.3. The van der Waals surface area contributed by atoms with E-state index in [1.54, 1.807) is 18.2 Å². The number of hydrogen-bond acceptors (Lipinski definition) is 6. The van der Waals surface area contributed by atoms with Gasteiger partial charge >= 0.3 is 0 Å². The molecule has 2 heterocycles. The molecule has 0 unspecified atom stereocenters. The molecule has 0 saturated carbocycles. The molecule has 1 aromatic carbocycles. The summed E-state index contributed by atoms with van der Waals surface area (Å²) in [6.45, 7) is 4.99. The highest BCUT2D eigenvalue weighted by molar-refractivity contribution is 6.31. The minimum Gasteiger partial charge on any atom is -0.379 e. The first kappa shape index (κ1) is 16.0. The van der Waals surface area contributed by atoms with Gasteiger partial charge in [0.25, 0.3) is 5.91 Å². The Kier molecular flexibility index (Phi) is 5.32. The molecule has 0 radical (unpaired) electrons. The molecular formula is C15H18ClN5O2. The number of aromatic nitrogens is 3. The molecule has 1 N–H and O–H groups in total. The molecule has 2 aromatic rings. The molecule has 0 spiro atoms. The minimum atomic E-state index is -0.318. The van der Waals surface area contributed by atoms with Crippen molar-refractivity contribution in [1.82, 2.24) is 25.4 Å². The topological polar surface area (TPSA) is 80.2 Å². The van der Waals surface area contributed by atoms with Crippen molar-refractivity contribution in [3.05, 3.63) is 29.0 Å². The number of halogens is 1. The molecule has 0 aliphatic carbocycles. The fourth-order valence-electron chi connectivity index (χ4n) is 2.41. The van der Waals surface area contributed by atoms with Crippen molar-refractivity contribution in [3.63, 3.8) is 0 Å². The van der Waals surface area contributed by atoms with Crippen molar-refractivity contribution >= 4 is 28.5 Å². The van der Waals surface area contributed by atoms with Gasteiger partial charge in [0, 0.05) is 24.7 Å². The summed E-state index contributed by atoms with van der Waals surface area (Å²) in [5, 5.41) is 11.2. The number of ether oxygens (including phenoxy) is 1.